The van der Waals surface area contributed by atoms with E-state index in [1.54, 1.807) is 0 Å². The lowest BCUT2D eigenvalue weighted by molar-refractivity contribution is 0.355. The van der Waals surface area contributed by atoms with Gasteiger partial charge in [-0.25, -0.2) is 0 Å². The maximum Gasteiger partial charge on any atom is 0.235 e. The molecule has 0 unspecified atom stereocenters. The SMILES string of the molecule is CCO[SiH2]NC.[SiH4]. The first-order valence-corrected chi connectivity index (χ1v) is 3.42. The second-order valence-corrected chi connectivity index (χ2v) is 2.39. The maximum absolute atomic E-state index is 5.01. The second kappa shape index (κ2) is 9.61. The van der Waals surface area contributed by atoms with Crippen molar-refractivity contribution in [1.29, 1.82) is 0 Å². The molecule has 0 aromatic heterocycles. The number of hydrogen-bond acceptors (Lipinski definition) is 2. The molecule has 0 saturated carbocycles. The minimum atomic E-state index is -0.328. The lowest BCUT2D eigenvalue weighted by Gasteiger charge is -1.92. The predicted octanol–water partition coefficient (Wildman–Crippen LogP) is -2.21. The van der Waals surface area contributed by atoms with Crippen LogP contribution in [-0.2, 0) is 4.43 Å². The zero-order valence-corrected chi connectivity index (χ0v) is 5.74. The monoisotopic (exact) mass is 137 g/mol. The van der Waals surface area contributed by atoms with Crippen molar-refractivity contribution in [3.8, 4) is 0 Å². The molecule has 0 spiro atoms. The van der Waals surface area contributed by atoms with Gasteiger partial charge in [0.15, 0.2) is 0 Å². The summed E-state index contributed by atoms with van der Waals surface area (Å²) in [6.45, 7) is 2.86. The molecular formula is C3H15NOSi2. The third-order valence-corrected chi connectivity index (χ3v) is 1.35. The fraction of sp³-hybridized carbons (Fsp3) is 1.00. The highest BCUT2D eigenvalue weighted by atomic mass is 28.2. The van der Waals surface area contributed by atoms with Gasteiger partial charge in [0.05, 0.1) is 0 Å². The summed E-state index contributed by atoms with van der Waals surface area (Å²) >= 11 is 0. The molecule has 2 nitrogen and oxygen atoms in total. The Hall–Kier alpha value is 0.354. The Kier molecular flexibility index (Phi) is 14.2. The van der Waals surface area contributed by atoms with Gasteiger partial charge < -0.3 is 9.41 Å². The van der Waals surface area contributed by atoms with Gasteiger partial charge in [-0.2, -0.15) is 0 Å². The Morgan fingerprint density at radius 1 is 1.71 bits per heavy atom. The summed E-state index contributed by atoms with van der Waals surface area (Å²) in [5, 5.41) is 0. The topological polar surface area (TPSA) is 21.3 Å². The van der Waals surface area contributed by atoms with Gasteiger partial charge in [0.1, 0.15) is 0 Å². The molecule has 0 aliphatic rings. The van der Waals surface area contributed by atoms with Gasteiger partial charge >= 0.3 is 0 Å². The van der Waals surface area contributed by atoms with E-state index in [4.69, 9.17) is 4.43 Å². The Labute approximate surface area is 51.7 Å². The van der Waals surface area contributed by atoms with Crippen LogP contribution in [0.1, 0.15) is 6.92 Å². The van der Waals surface area contributed by atoms with Gasteiger partial charge in [0, 0.05) is 6.61 Å². The van der Waals surface area contributed by atoms with Gasteiger partial charge in [-0.1, -0.05) is 0 Å². The molecule has 0 radical (unpaired) electrons. The van der Waals surface area contributed by atoms with Crippen molar-refractivity contribution in [2.45, 2.75) is 6.92 Å². The minimum absolute atomic E-state index is 0. The smallest absolute Gasteiger partial charge is 0.235 e. The summed E-state index contributed by atoms with van der Waals surface area (Å²) in [5.41, 5.74) is 0. The van der Waals surface area contributed by atoms with Gasteiger partial charge in [0.2, 0.25) is 9.92 Å². The average Bonchev–Trinajstić information content (AvgIpc) is 1.61. The molecule has 0 fully saturated rings. The molecule has 0 saturated heterocycles. The van der Waals surface area contributed by atoms with Crippen molar-refractivity contribution in [3.63, 3.8) is 0 Å². The molecular weight excluding hydrogens is 122 g/mol. The number of nitrogens with one attached hydrogen (secondary N) is 1. The van der Waals surface area contributed by atoms with Crippen molar-refractivity contribution >= 4 is 20.9 Å². The first-order chi connectivity index (χ1) is 2.91. The first-order valence-electron chi connectivity index (χ1n) is 2.14. The van der Waals surface area contributed by atoms with Crippen LogP contribution in [0.2, 0.25) is 0 Å². The van der Waals surface area contributed by atoms with E-state index in [9.17, 15) is 0 Å². The third kappa shape index (κ3) is 10.7. The Morgan fingerprint density at radius 2 is 2.29 bits per heavy atom. The fourth-order valence-electron chi connectivity index (χ4n) is 0.204. The Bertz CT molecular complexity index is 24.9. The van der Waals surface area contributed by atoms with E-state index in [1.165, 1.54) is 0 Å². The highest BCUT2D eigenvalue weighted by molar-refractivity contribution is 6.23. The first kappa shape index (κ1) is 10.4. The average molecular weight is 137 g/mol. The van der Waals surface area contributed by atoms with E-state index >= 15 is 0 Å². The summed E-state index contributed by atoms with van der Waals surface area (Å²) in [6.07, 6.45) is 0. The Morgan fingerprint density at radius 3 is 2.43 bits per heavy atom. The molecule has 0 bridgehead atoms. The van der Waals surface area contributed by atoms with Crippen molar-refractivity contribution in [1.82, 2.24) is 4.98 Å². The minimum Gasteiger partial charge on any atom is -0.409 e. The largest absolute Gasteiger partial charge is 0.409 e. The van der Waals surface area contributed by atoms with Gasteiger partial charge in [0.25, 0.3) is 0 Å². The highest BCUT2D eigenvalue weighted by Crippen LogP contribution is 1.58. The van der Waals surface area contributed by atoms with Crippen LogP contribution in [0.25, 0.3) is 0 Å². The van der Waals surface area contributed by atoms with Gasteiger partial charge in [-0.15, -0.1) is 0 Å². The van der Waals surface area contributed by atoms with Crippen LogP contribution in [-0.4, -0.2) is 34.5 Å². The zero-order chi connectivity index (χ0) is 4.83. The molecule has 0 heterocycles. The molecule has 1 N–H and O–H groups in total. The standard InChI is InChI=1S/C3H11NOSi.H4Si/c1-3-5-6-4-2;/h4H,3,6H2,1-2H3;1H4. The summed E-state index contributed by atoms with van der Waals surface area (Å²) < 4.78 is 5.01. The van der Waals surface area contributed by atoms with Crippen LogP contribution >= 0.6 is 0 Å². The van der Waals surface area contributed by atoms with Crippen LogP contribution < -0.4 is 4.98 Å². The van der Waals surface area contributed by atoms with Crippen LogP contribution in [0.5, 0.6) is 0 Å². The van der Waals surface area contributed by atoms with Gasteiger partial charge in [-0.3, -0.25) is 0 Å². The van der Waals surface area contributed by atoms with Crippen LogP contribution in [0.3, 0.4) is 0 Å². The molecule has 4 heteroatoms. The lowest BCUT2D eigenvalue weighted by Crippen LogP contribution is -2.15. The zero-order valence-electron chi connectivity index (χ0n) is 4.32. The molecule has 0 aromatic carbocycles. The quantitative estimate of drug-likeness (QED) is 0.352. The predicted molar refractivity (Wildman–Crippen MR) is 40.6 cm³/mol. The van der Waals surface area contributed by atoms with E-state index in [2.05, 4.69) is 4.98 Å². The lowest BCUT2D eigenvalue weighted by atomic mass is 10.9. The molecule has 0 atom stereocenters. The van der Waals surface area contributed by atoms with Crippen LogP contribution in [0.4, 0.5) is 0 Å². The number of hydrogen-bond donors (Lipinski definition) is 1. The molecule has 0 rings (SSSR count). The summed E-state index contributed by atoms with van der Waals surface area (Å²) in [7, 11) is 1.59. The molecule has 7 heavy (non-hydrogen) atoms. The third-order valence-electron chi connectivity index (χ3n) is 0.451. The molecule has 46 valence electrons. The molecule has 0 aromatic rings. The molecule has 0 aliphatic carbocycles. The van der Waals surface area contributed by atoms with Crippen molar-refractivity contribution in [2.75, 3.05) is 13.7 Å². The van der Waals surface area contributed by atoms with E-state index in [-0.39, 0.29) is 20.9 Å². The summed E-state index contributed by atoms with van der Waals surface area (Å²) in [5.74, 6) is 0. The Balaban J connectivity index is 0. The summed E-state index contributed by atoms with van der Waals surface area (Å²) in [4.78, 5) is 2.99. The van der Waals surface area contributed by atoms with E-state index < -0.39 is 0 Å². The van der Waals surface area contributed by atoms with Crippen molar-refractivity contribution < 1.29 is 4.43 Å². The van der Waals surface area contributed by atoms with E-state index in [1.807, 2.05) is 14.0 Å². The molecule has 0 amide bonds. The van der Waals surface area contributed by atoms with Crippen LogP contribution in [0.15, 0.2) is 0 Å². The van der Waals surface area contributed by atoms with Crippen LogP contribution in [0, 0.1) is 0 Å². The molecule has 0 aliphatic heterocycles. The second-order valence-electron chi connectivity index (χ2n) is 0.991. The highest BCUT2D eigenvalue weighted by Gasteiger charge is 1.72. The van der Waals surface area contributed by atoms with E-state index in [0.29, 0.717) is 0 Å². The van der Waals surface area contributed by atoms with Crippen molar-refractivity contribution in [2.24, 2.45) is 0 Å². The summed E-state index contributed by atoms with van der Waals surface area (Å²) in [6, 6.07) is 0. The fourth-order valence-corrected chi connectivity index (χ4v) is 0.612. The van der Waals surface area contributed by atoms with E-state index in [0.717, 1.165) is 6.61 Å². The van der Waals surface area contributed by atoms with Crippen molar-refractivity contribution in [3.05, 3.63) is 0 Å². The maximum atomic E-state index is 5.01. The van der Waals surface area contributed by atoms with Gasteiger partial charge in [-0.05, 0) is 24.9 Å². The normalized spacial score (nSPS) is 9.43. The number of rotatable bonds is 3.